The van der Waals surface area contributed by atoms with E-state index in [0.717, 1.165) is 30.8 Å². The first kappa shape index (κ1) is 16.5. The van der Waals surface area contributed by atoms with Crippen LogP contribution in [0.25, 0.3) is 0 Å². The molecule has 0 spiro atoms. The van der Waals surface area contributed by atoms with Crippen molar-refractivity contribution in [1.29, 1.82) is 0 Å². The van der Waals surface area contributed by atoms with Crippen molar-refractivity contribution >= 4 is 11.6 Å². The van der Waals surface area contributed by atoms with Gasteiger partial charge in [0.1, 0.15) is 5.82 Å². The van der Waals surface area contributed by atoms with E-state index in [0.29, 0.717) is 12.1 Å². The molecule has 1 aromatic heterocycles. The predicted octanol–water partition coefficient (Wildman–Crippen LogP) is 2.97. The summed E-state index contributed by atoms with van der Waals surface area (Å²) >= 11 is 0. The highest BCUT2D eigenvalue weighted by molar-refractivity contribution is 6.04. The minimum atomic E-state index is -0.268. The summed E-state index contributed by atoms with van der Waals surface area (Å²) < 4.78 is 14.6. The van der Waals surface area contributed by atoms with E-state index in [1.165, 1.54) is 23.3 Å². The summed E-state index contributed by atoms with van der Waals surface area (Å²) in [5.41, 5.74) is 4.76. The maximum absolute atomic E-state index is 13.0. The molecule has 26 heavy (non-hydrogen) atoms. The number of rotatable bonds is 4. The minimum Gasteiger partial charge on any atom is -0.322 e. The Bertz CT molecular complexity index is 933. The molecule has 0 bridgehead atoms. The second-order valence-corrected chi connectivity index (χ2v) is 6.42. The molecular formula is C20H19FN4O. The Morgan fingerprint density at radius 1 is 1.19 bits per heavy atom. The number of halogens is 1. The molecule has 0 aliphatic carbocycles. The van der Waals surface area contributed by atoms with Gasteiger partial charge in [0, 0.05) is 18.4 Å². The summed E-state index contributed by atoms with van der Waals surface area (Å²) in [5.74, 6) is -0.459. The third-order valence-electron chi connectivity index (χ3n) is 4.50. The molecule has 6 heteroatoms. The Morgan fingerprint density at radius 3 is 2.88 bits per heavy atom. The highest BCUT2D eigenvalue weighted by Crippen LogP contribution is 2.19. The van der Waals surface area contributed by atoms with Gasteiger partial charge in [-0.3, -0.25) is 9.48 Å². The van der Waals surface area contributed by atoms with Crippen molar-refractivity contribution < 1.29 is 9.18 Å². The maximum atomic E-state index is 13.0. The third-order valence-corrected chi connectivity index (χ3v) is 4.50. The van der Waals surface area contributed by atoms with Gasteiger partial charge in [0.05, 0.1) is 18.3 Å². The first-order valence-corrected chi connectivity index (χ1v) is 8.58. The van der Waals surface area contributed by atoms with Crippen molar-refractivity contribution in [3.8, 4) is 0 Å². The minimum absolute atomic E-state index is 0.191. The summed E-state index contributed by atoms with van der Waals surface area (Å²) in [6.07, 6.45) is 4.21. The molecule has 2 heterocycles. The molecule has 0 radical (unpaired) electrons. The van der Waals surface area contributed by atoms with Crippen LogP contribution in [0.5, 0.6) is 0 Å². The van der Waals surface area contributed by atoms with Crippen LogP contribution < -0.4 is 10.6 Å². The number of nitrogens with one attached hydrogen (secondary N) is 2. The van der Waals surface area contributed by atoms with E-state index < -0.39 is 0 Å². The number of carbonyl (C=O) groups is 1. The van der Waals surface area contributed by atoms with Crippen molar-refractivity contribution in [2.24, 2.45) is 0 Å². The number of carbonyl (C=O) groups excluding carboxylic acids is 1. The van der Waals surface area contributed by atoms with Crippen molar-refractivity contribution in [2.75, 3.05) is 11.9 Å². The lowest BCUT2D eigenvalue weighted by Crippen LogP contribution is -2.23. The van der Waals surface area contributed by atoms with Gasteiger partial charge in [-0.05, 0) is 53.9 Å². The highest BCUT2D eigenvalue weighted by Gasteiger charge is 2.12. The Labute approximate surface area is 150 Å². The molecule has 0 fully saturated rings. The fraction of sp³-hybridized carbons (Fsp3) is 0.200. The number of fused-ring (bicyclic) bond motifs is 1. The summed E-state index contributed by atoms with van der Waals surface area (Å²) in [7, 11) is 0. The van der Waals surface area contributed by atoms with Gasteiger partial charge in [-0.1, -0.05) is 18.2 Å². The Balaban J connectivity index is 1.44. The van der Waals surface area contributed by atoms with E-state index in [1.807, 2.05) is 12.1 Å². The zero-order chi connectivity index (χ0) is 17.9. The molecule has 0 saturated heterocycles. The molecule has 0 atom stereocenters. The van der Waals surface area contributed by atoms with Gasteiger partial charge in [-0.15, -0.1) is 0 Å². The van der Waals surface area contributed by atoms with Crippen LogP contribution in [0.3, 0.4) is 0 Å². The Kier molecular flexibility index (Phi) is 4.50. The molecule has 1 aliphatic rings. The molecule has 0 saturated carbocycles. The van der Waals surface area contributed by atoms with Crippen molar-refractivity contribution in [1.82, 2.24) is 15.1 Å². The van der Waals surface area contributed by atoms with Crippen LogP contribution in [0.2, 0.25) is 0 Å². The monoisotopic (exact) mass is 350 g/mol. The molecule has 4 rings (SSSR count). The average molecular weight is 350 g/mol. The number of hydrogen-bond acceptors (Lipinski definition) is 3. The van der Waals surface area contributed by atoms with E-state index in [-0.39, 0.29) is 11.7 Å². The van der Waals surface area contributed by atoms with Crippen LogP contribution in [-0.2, 0) is 19.5 Å². The third kappa shape index (κ3) is 3.65. The second-order valence-electron chi connectivity index (χ2n) is 6.42. The molecule has 0 unspecified atom stereocenters. The number of anilines is 1. The van der Waals surface area contributed by atoms with Crippen LogP contribution in [-0.4, -0.2) is 22.2 Å². The van der Waals surface area contributed by atoms with Crippen molar-refractivity contribution in [3.05, 3.63) is 82.9 Å². The van der Waals surface area contributed by atoms with Crippen LogP contribution in [0.1, 0.15) is 27.0 Å². The Hall–Kier alpha value is -2.99. The lowest BCUT2D eigenvalue weighted by molar-refractivity contribution is 0.102. The van der Waals surface area contributed by atoms with E-state index in [2.05, 4.69) is 21.8 Å². The summed E-state index contributed by atoms with van der Waals surface area (Å²) in [6, 6.07) is 12.3. The quantitative estimate of drug-likeness (QED) is 0.761. The Morgan fingerprint density at radius 2 is 2.04 bits per heavy atom. The van der Waals surface area contributed by atoms with Gasteiger partial charge in [-0.2, -0.15) is 5.10 Å². The predicted molar refractivity (Wildman–Crippen MR) is 97.5 cm³/mol. The van der Waals surface area contributed by atoms with Gasteiger partial charge in [0.15, 0.2) is 0 Å². The number of hydrogen-bond donors (Lipinski definition) is 2. The first-order valence-electron chi connectivity index (χ1n) is 8.58. The van der Waals surface area contributed by atoms with Crippen LogP contribution in [0.4, 0.5) is 10.1 Å². The maximum Gasteiger partial charge on any atom is 0.258 e. The zero-order valence-corrected chi connectivity index (χ0v) is 14.2. The smallest absolute Gasteiger partial charge is 0.258 e. The van der Waals surface area contributed by atoms with E-state index >= 15 is 0 Å². The molecule has 3 aromatic rings. The van der Waals surface area contributed by atoms with Crippen molar-refractivity contribution in [3.63, 3.8) is 0 Å². The van der Waals surface area contributed by atoms with E-state index in [9.17, 15) is 9.18 Å². The zero-order valence-electron chi connectivity index (χ0n) is 14.2. The standard InChI is InChI=1S/C20H19FN4O/c21-18-4-1-14(2-5-18)12-25-13-17(11-23-25)20(26)24-19-6-3-16-10-22-8-7-15(16)9-19/h1-6,9,11,13,22H,7-8,10,12H2,(H,24,26). The lowest BCUT2D eigenvalue weighted by Gasteiger charge is -2.18. The molecule has 132 valence electrons. The molecular weight excluding hydrogens is 331 g/mol. The van der Waals surface area contributed by atoms with Gasteiger partial charge >= 0.3 is 0 Å². The van der Waals surface area contributed by atoms with Gasteiger partial charge < -0.3 is 10.6 Å². The number of nitrogens with zero attached hydrogens (tertiary/aromatic N) is 2. The van der Waals surface area contributed by atoms with Crippen molar-refractivity contribution in [2.45, 2.75) is 19.5 Å². The average Bonchev–Trinajstić information content (AvgIpc) is 3.12. The van der Waals surface area contributed by atoms with Gasteiger partial charge in [0.2, 0.25) is 0 Å². The highest BCUT2D eigenvalue weighted by atomic mass is 19.1. The fourth-order valence-electron chi connectivity index (χ4n) is 3.10. The fourth-order valence-corrected chi connectivity index (χ4v) is 3.10. The van der Waals surface area contributed by atoms with Gasteiger partial charge in [-0.25, -0.2) is 4.39 Å². The molecule has 5 nitrogen and oxygen atoms in total. The molecule has 2 aromatic carbocycles. The molecule has 1 amide bonds. The second kappa shape index (κ2) is 7.09. The van der Waals surface area contributed by atoms with E-state index in [1.54, 1.807) is 29.2 Å². The number of aromatic nitrogens is 2. The number of amides is 1. The topological polar surface area (TPSA) is 59.0 Å². The van der Waals surface area contributed by atoms with Crippen LogP contribution >= 0.6 is 0 Å². The normalized spacial score (nSPS) is 13.3. The van der Waals surface area contributed by atoms with Crippen LogP contribution in [0, 0.1) is 5.82 Å². The largest absolute Gasteiger partial charge is 0.322 e. The number of benzene rings is 2. The molecule has 1 aliphatic heterocycles. The molecule has 2 N–H and O–H groups in total. The summed E-state index contributed by atoms with van der Waals surface area (Å²) in [4.78, 5) is 12.5. The van der Waals surface area contributed by atoms with Crippen LogP contribution in [0.15, 0.2) is 54.9 Å². The lowest BCUT2D eigenvalue weighted by atomic mass is 10.0. The first-order chi connectivity index (χ1) is 12.7. The summed E-state index contributed by atoms with van der Waals surface area (Å²) in [6.45, 7) is 2.32. The van der Waals surface area contributed by atoms with Gasteiger partial charge in [0.25, 0.3) is 5.91 Å². The van der Waals surface area contributed by atoms with E-state index in [4.69, 9.17) is 0 Å². The SMILES string of the molecule is O=C(Nc1ccc2c(c1)CCNC2)c1cnn(Cc2ccc(F)cc2)c1. The summed E-state index contributed by atoms with van der Waals surface area (Å²) in [5, 5.41) is 10.5.